The molecule has 0 radical (unpaired) electrons. The fraction of sp³-hybridized carbons (Fsp3) is 0.538. The van der Waals surface area contributed by atoms with Crippen molar-refractivity contribution >= 4 is 0 Å². The van der Waals surface area contributed by atoms with Crippen molar-refractivity contribution in [2.24, 2.45) is 5.92 Å². The minimum atomic E-state index is 0.717. The predicted molar refractivity (Wildman–Crippen MR) is 61.8 cm³/mol. The molecule has 2 rings (SSSR count). The van der Waals surface area contributed by atoms with Crippen LogP contribution in [0.1, 0.15) is 17.5 Å². The molecule has 1 atom stereocenters. The molecule has 1 heterocycles. The Morgan fingerprint density at radius 3 is 3.00 bits per heavy atom. The lowest BCUT2D eigenvalue weighted by Crippen LogP contribution is -2.13. The summed E-state index contributed by atoms with van der Waals surface area (Å²) >= 11 is 0. The van der Waals surface area contributed by atoms with Gasteiger partial charge in [0.15, 0.2) is 0 Å². The first-order valence-corrected chi connectivity index (χ1v) is 5.69. The molecule has 1 aromatic carbocycles. The quantitative estimate of drug-likeness (QED) is 0.813. The van der Waals surface area contributed by atoms with E-state index in [1.807, 2.05) is 0 Å². The molecule has 0 unspecified atom stereocenters. The van der Waals surface area contributed by atoms with Crippen LogP contribution in [0.5, 0.6) is 0 Å². The molecular formula is C13H19NO. The second kappa shape index (κ2) is 5.29. The highest BCUT2D eigenvalue weighted by Crippen LogP contribution is 2.11. The summed E-state index contributed by atoms with van der Waals surface area (Å²) in [6.07, 6.45) is 1.26. The van der Waals surface area contributed by atoms with Crippen LogP contribution in [0.2, 0.25) is 0 Å². The second-order valence-corrected chi connectivity index (χ2v) is 4.30. The molecule has 0 amide bonds. The smallest absolute Gasteiger partial charge is 0.0719 e. The van der Waals surface area contributed by atoms with E-state index in [1.54, 1.807) is 0 Å². The topological polar surface area (TPSA) is 21.3 Å². The van der Waals surface area contributed by atoms with Gasteiger partial charge >= 0.3 is 0 Å². The van der Waals surface area contributed by atoms with Crippen molar-refractivity contribution in [2.45, 2.75) is 20.0 Å². The molecule has 1 aliphatic rings. The Labute approximate surface area is 91.6 Å². The van der Waals surface area contributed by atoms with Crippen LogP contribution in [-0.2, 0) is 11.3 Å². The highest BCUT2D eigenvalue weighted by atomic mass is 16.5. The Balaban J connectivity index is 1.75. The molecule has 1 saturated heterocycles. The van der Waals surface area contributed by atoms with Crippen molar-refractivity contribution in [3.05, 3.63) is 35.4 Å². The van der Waals surface area contributed by atoms with Crippen LogP contribution in [-0.4, -0.2) is 19.7 Å². The van der Waals surface area contributed by atoms with E-state index in [0.717, 1.165) is 26.3 Å². The summed E-state index contributed by atoms with van der Waals surface area (Å²) in [6, 6.07) is 8.42. The van der Waals surface area contributed by atoms with Gasteiger partial charge in [-0.25, -0.2) is 0 Å². The number of rotatable bonds is 4. The van der Waals surface area contributed by atoms with Crippen LogP contribution in [0, 0.1) is 12.8 Å². The van der Waals surface area contributed by atoms with E-state index in [2.05, 4.69) is 36.5 Å². The Hall–Kier alpha value is -0.860. The molecule has 0 spiro atoms. The molecular weight excluding hydrogens is 186 g/mol. The highest BCUT2D eigenvalue weighted by molar-refractivity contribution is 5.24. The van der Waals surface area contributed by atoms with Crippen molar-refractivity contribution in [2.75, 3.05) is 19.7 Å². The van der Waals surface area contributed by atoms with E-state index in [4.69, 9.17) is 4.74 Å². The van der Waals surface area contributed by atoms with Crippen molar-refractivity contribution in [1.29, 1.82) is 0 Å². The minimum Gasteiger partial charge on any atom is -0.376 e. The third-order valence-corrected chi connectivity index (χ3v) is 3.03. The molecule has 1 aromatic rings. The average Bonchev–Trinajstić information content (AvgIpc) is 2.74. The molecule has 1 aliphatic heterocycles. The number of benzene rings is 1. The third-order valence-electron chi connectivity index (χ3n) is 3.03. The van der Waals surface area contributed by atoms with E-state index in [1.165, 1.54) is 17.5 Å². The molecule has 2 heteroatoms. The van der Waals surface area contributed by atoms with Crippen LogP contribution in [0.4, 0.5) is 0 Å². The minimum absolute atomic E-state index is 0.717. The van der Waals surface area contributed by atoms with E-state index in [0.29, 0.717) is 5.92 Å². The number of ether oxygens (including phenoxy) is 1. The summed E-state index contributed by atoms with van der Waals surface area (Å²) < 4.78 is 5.74. The van der Waals surface area contributed by atoms with Gasteiger partial charge in [0.2, 0.25) is 0 Å². The van der Waals surface area contributed by atoms with E-state index < -0.39 is 0 Å². The SMILES string of the molecule is Cc1ccccc1COC[C@H]1CCNC1. The molecule has 0 aliphatic carbocycles. The molecule has 82 valence electrons. The van der Waals surface area contributed by atoms with Crippen molar-refractivity contribution in [1.82, 2.24) is 5.32 Å². The van der Waals surface area contributed by atoms with Gasteiger partial charge in [0.05, 0.1) is 13.2 Å². The molecule has 0 bridgehead atoms. The standard InChI is InChI=1S/C13H19NO/c1-11-4-2-3-5-13(11)10-15-9-12-6-7-14-8-12/h2-5,12,14H,6-10H2,1H3/t12-/m0/s1. The summed E-state index contributed by atoms with van der Waals surface area (Å²) in [5, 5.41) is 3.35. The zero-order chi connectivity index (χ0) is 10.5. The van der Waals surface area contributed by atoms with Gasteiger partial charge in [-0.1, -0.05) is 24.3 Å². The average molecular weight is 205 g/mol. The highest BCUT2D eigenvalue weighted by Gasteiger charge is 2.14. The lowest BCUT2D eigenvalue weighted by molar-refractivity contribution is 0.0921. The maximum Gasteiger partial charge on any atom is 0.0719 e. The van der Waals surface area contributed by atoms with Gasteiger partial charge in [-0.05, 0) is 36.9 Å². The van der Waals surface area contributed by atoms with Gasteiger partial charge in [-0.3, -0.25) is 0 Å². The van der Waals surface area contributed by atoms with E-state index >= 15 is 0 Å². The lowest BCUT2D eigenvalue weighted by atomic mass is 10.1. The van der Waals surface area contributed by atoms with Crippen molar-refractivity contribution in [3.8, 4) is 0 Å². The first-order valence-electron chi connectivity index (χ1n) is 5.69. The normalized spacial score (nSPS) is 20.7. The van der Waals surface area contributed by atoms with Crippen LogP contribution in [0.15, 0.2) is 24.3 Å². The molecule has 0 aromatic heterocycles. The summed E-state index contributed by atoms with van der Waals surface area (Å²) in [7, 11) is 0. The van der Waals surface area contributed by atoms with Crippen LogP contribution < -0.4 is 5.32 Å². The first-order chi connectivity index (χ1) is 7.36. The fourth-order valence-electron chi connectivity index (χ4n) is 1.96. The van der Waals surface area contributed by atoms with Gasteiger partial charge < -0.3 is 10.1 Å². The molecule has 1 N–H and O–H groups in total. The summed E-state index contributed by atoms with van der Waals surface area (Å²) in [5.74, 6) is 0.717. The van der Waals surface area contributed by atoms with E-state index in [-0.39, 0.29) is 0 Å². The molecule has 0 saturated carbocycles. The molecule has 1 fully saturated rings. The molecule has 2 nitrogen and oxygen atoms in total. The Morgan fingerprint density at radius 1 is 1.40 bits per heavy atom. The number of hydrogen-bond donors (Lipinski definition) is 1. The third kappa shape index (κ3) is 3.05. The maximum absolute atomic E-state index is 5.74. The van der Waals surface area contributed by atoms with Gasteiger partial charge in [0.25, 0.3) is 0 Å². The zero-order valence-electron chi connectivity index (χ0n) is 9.33. The van der Waals surface area contributed by atoms with Gasteiger partial charge in [0, 0.05) is 6.54 Å². The van der Waals surface area contributed by atoms with Crippen molar-refractivity contribution in [3.63, 3.8) is 0 Å². The van der Waals surface area contributed by atoms with Crippen LogP contribution in [0.3, 0.4) is 0 Å². The first kappa shape index (κ1) is 10.7. The van der Waals surface area contributed by atoms with E-state index in [9.17, 15) is 0 Å². The monoisotopic (exact) mass is 205 g/mol. The van der Waals surface area contributed by atoms with Gasteiger partial charge in [-0.2, -0.15) is 0 Å². The Bertz CT molecular complexity index is 305. The predicted octanol–water partition coefficient (Wildman–Crippen LogP) is 2.12. The van der Waals surface area contributed by atoms with Gasteiger partial charge in [-0.15, -0.1) is 0 Å². The fourth-order valence-corrected chi connectivity index (χ4v) is 1.96. The van der Waals surface area contributed by atoms with Gasteiger partial charge in [0.1, 0.15) is 0 Å². The number of nitrogens with one attached hydrogen (secondary N) is 1. The summed E-state index contributed by atoms with van der Waals surface area (Å²) in [4.78, 5) is 0. The zero-order valence-corrected chi connectivity index (χ0v) is 9.33. The maximum atomic E-state index is 5.74. The Kier molecular flexibility index (Phi) is 3.75. The summed E-state index contributed by atoms with van der Waals surface area (Å²) in [6.45, 7) is 6.05. The Morgan fingerprint density at radius 2 is 2.27 bits per heavy atom. The summed E-state index contributed by atoms with van der Waals surface area (Å²) in [5.41, 5.74) is 2.63. The van der Waals surface area contributed by atoms with Crippen LogP contribution in [0.25, 0.3) is 0 Å². The lowest BCUT2D eigenvalue weighted by Gasteiger charge is -2.10. The second-order valence-electron chi connectivity index (χ2n) is 4.30. The van der Waals surface area contributed by atoms with Crippen molar-refractivity contribution < 1.29 is 4.74 Å². The molecule has 15 heavy (non-hydrogen) atoms. The van der Waals surface area contributed by atoms with Crippen LogP contribution >= 0.6 is 0 Å². The number of aryl methyl sites for hydroxylation is 1. The number of hydrogen-bond acceptors (Lipinski definition) is 2. The largest absolute Gasteiger partial charge is 0.376 e.